The van der Waals surface area contributed by atoms with Crippen LogP contribution in [-0.2, 0) is 6.42 Å². The van der Waals surface area contributed by atoms with Gasteiger partial charge in [0.25, 0.3) is 0 Å². The second kappa shape index (κ2) is 7.14. The number of rotatable bonds is 7. The standard InChI is InChI=1S/C12H19N7OS/c1-7(2)20-12-17-10(16-11(18-12)19-13)14-5-4-9-6-21-8(3)15-9/h6-7H,4-5,13H2,1-3H3,(H2,14,16,17,18,19). The first-order chi connectivity index (χ1) is 10.1. The van der Waals surface area contributed by atoms with Crippen molar-refractivity contribution in [2.45, 2.75) is 33.3 Å². The highest BCUT2D eigenvalue weighted by molar-refractivity contribution is 7.09. The summed E-state index contributed by atoms with van der Waals surface area (Å²) in [7, 11) is 0. The number of aromatic nitrogens is 4. The smallest absolute Gasteiger partial charge is 0.323 e. The van der Waals surface area contributed by atoms with Crippen molar-refractivity contribution in [3.63, 3.8) is 0 Å². The van der Waals surface area contributed by atoms with Gasteiger partial charge in [0.2, 0.25) is 11.9 Å². The first-order valence-corrected chi connectivity index (χ1v) is 7.49. The summed E-state index contributed by atoms with van der Waals surface area (Å²) in [4.78, 5) is 16.7. The third kappa shape index (κ3) is 4.80. The maximum Gasteiger partial charge on any atom is 0.323 e. The summed E-state index contributed by atoms with van der Waals surface area (Å²) in [6.45, 7) is 6.45. The van der Waals surface area contributed by atoms with Gasteiger partial charge in [-0.1, -0.05) is 0 Å². The molecule has 2 heterocycles. The topological polar surface area (TPSA) is 111 Å². The molecule has 8 nitrogen and oxygen atoms in total. The summed E-state index contributed by atoms with van der Waals surface area (Å²) in [5.41, 5.74) is 3.45. The van der Waals surface area contributed by atoms with Crippen molar-refractivity contribution < 1.29 is 4.74 Å². The molecule has 0 aliphatic heterocycles. The van der Waals surface area contributed by atoms with E-state index in [1.807, 2.05) is 26.2 Å². The van der Waals surface area contributed by atoms with Crippen molar-refractivity contribution in [3.05, 3.63) is 16.1 Å². The van der Waals surface area contributed by atoms with Crippen molar-refractivity contribution in [2.75, 3.05) is 17.3 Å². The van der Waals surface area contributed by atoms with Gasteiger partial charge in [0.1, 0.15) is 0 Å². The molecule has 0 aliphatic carbocycles. The summed E-state index contributed by atoms with van der Waals surface area (Å²) in [5, 5.41) is 6.23. The molecule has 0 unspecified atom stereocenters. The fourth-order valence-electron chi connectivity index (χ4n) is 1.59. The van der Waals surface area contributed by atoms with Crippen LogP contribution in [-0.4, -0.2) is 32.6 Å². The number of ether oxygens (including phenoxy) is 1. The number of nitrogens with one attached hydrogen (secondary N) is 2. The zero-order valence-electron chi connectivity index (χ0n) is 12.3. The van der Waals surface area contributed by atoms with Gasteiger partial charge in [0, 0.05) is 18.3 Å². The van der Waals surface area contributed by atoms with E-state index in [1.54, 1.807) is 11.3 Å². The van der Waals surface area contributed by atoms with E-state index in [0.29, 0.717) is 12.5 Å². The van der Waals surface area contributed by atoms with E-state index in [1.165, 1.54) is 0 Å². The van der Waals surface area contributed by atoms with Gasteiger partial charge in [-0.3, -0.25) is 5.43 Å². The van der Waals surface area contributed by atoms with Crippen LogP contribution < -0.4 is 21.3 Å². The summed E-state index contributed by atoms with van der Waals surface area (Å²) >= 11 is 1.64. The summed E-state index contributed by atoms with van der Waals surface area (Å²) in [6, 6.07) is 0.236. The maximum absolute atomic E-state index is 5.46. The lowest BCUT2D eigenvalue weighted by Crippen LogP contribution is -2.17. The highest BCUT2D eigenvalue weighted by Gasteiger charge is 2.08. The van der Waals surface area contributed by atoms with E-state index in [0.717, 1.165) is 17.1 Å². The van der Waals surface area contributed by atoms with Gasteiger partial charge in [0.15, 0.2) is 0 Å². The molecular weight excluding hydrogens is 290 g/mol. The Kier molecular flexibility index (Phi) is 5.23. The minimum Gasteiger partial charge on any atom is -0.461 e. The summed E-state index contributed by atoms with van der Waals surface area (Å²) in [6.07, 6.45) is 0.769. The average molecular weight is 309 g/mol. The molecule has 0 aromatic carbocycles. The van der Waals surface area contributed by atoms with Crippen LogP contribution in [0.1, 0.15) is 24.5 Å². The fraction of sp³-hybridized carbons (Fsp3) is 0.500. The molecule has 0 bridgehead atoms. The third-order valence-electron chi connectivity index (χ3n) is 2.42. The lowest BCUT2D eigenvalue weighted by atomic mass is 10.3. The SMILES string of the molecule is Cc1nc(CCNc2nc(NN)nc(OC(C)C)n2)cs1. The van der Waals surface area contributed by atoms with Crippen LogP contribution in [0.15, 0.2) is 5.38 Å². The van der Waals surface area contributed by atoms with E-state index in [9.17, 15) is 0 Å². The number of anilines is 2. The van der Waals surface area contributed by atoms with Crippen molar-refractivity contribution >= 4 is 23.2 Å². The number of nitrogens with zero attached hydrogens (tertiary/aromatic N) is 4. The number of hydrazine groups is 1. The lowest BCUT2D eigenvalue weighted by Gasteiger charge is -2.10. The Morgan fingerprint density at radius 3 is 2.62 bits per heavy atom. The Balaban J connectivity index is 1.97. The van der Waals surface area contributed by atoms with Gasteiger partial charge in [-0.15, -0.1) is 11.3 Å². The molecule has 9 heteroatoms. The molecule has 0 amide bonds. The van der Waals surface area contributed by atoms with Crippen LogP contribution in [0.25, 0.3) is 0 Å². The molecule has 0 saturated heterocycles. The van der Waals surface area contributed by atoms with Crippen molar-refractivity contribution in [1.82, 2.24) is 19.9 Å². The summed E-state index contributed by atoms with van der Waals surface area (Å²) < 4.78 is 5.46. The van der Waals surface area contributed by atoms with Crippen molar-refractivity contribution in [3.8, 4) is 6.01 Å². The zero-order chi connectivity index (χ0) is 15.2. The Morgan fingerprint density at radius 2 is 2.00 bits per heavy atom. The van der Waals surface area contributed by atoms with Crippen molar-refractivity contribution in [1.29, 1.82) is 0 Å². The van der Waals surface area contributed by atoms with Crippen LogP contribution in [0.3, 0.4) is 0 Å². The predicted octanol–water partition coefficient (Wildman–Crippen LogP) is 1.36. The minimum absolute atomic E-state index is 0.0242. The normalized spacial score (nSPS) is 10.7. The van der Waals surface area contributed by atoms with Crippen LogP contribution in [0.5, 0.6) is 6.01 Å². The van der Waals surface area contributed by atoms with Crippen LogP contribution >= 0.6 is 11.3 Å². The molecule has 2 aromatic rings. The van der Waals surface area contributed by atoms with E-state index < -0.39 is 0 Å². The van der Waals surface area contributed by atoms with Gasteiger partial charge < -0.3 is 10.1 Å². The Bertz CT molecular complexity index is 587. The molecule has 21 heavy (non-hydrogen) atoms. The highest BCUT2D eigenvalue weighted by Crippen LogP contribution is 2.12. The molecule has 0 spiro atoms. The van der Waals surface area contributed by atoms with Gasteiger partial charge in [-0.25, -0.2) is 10.8 Å². The Hall–Kier alpha value is -2.00. The second-order valence-corrected chi connectivity index (χ2v) is 5.67. The Labute approximate surface area is 127 Å². The van der Waals surface area contributed by atoms with Gasteiger partial charge in [-0.2, -0.15) is 15.0 Å². The van der Waals surface area contributed by atoms with Gasteiger partial charge >= 0.3 is 6.01 Å². The first kappa shape index (κ1) is 15.4. The van der Waals surface area contributed by atoms with E-state index in [4.69, 9.17) is 10.6 Å². The highest BCUT2D eigenvalue weighted by atomic mass is 32.1. The summed E-state index contributed by atoms with van der Waals surface area (Å²) in [5.74, 6) is 6.02. The zero-order valence-corrected chi connectivity index (χ0v) is 13.1. The first-order valence-electron chi connectivity index (χ1n) is 6.61. The number of aryl methyl sites for hydroxylation is 1. The molecular formula is C12H19N7OS. The predicted molar refractivity (Wildman–Crippen MR) is 82.4 cm³/mol. The van der Waals surface area contributed by atoms with E-state index in [2.05, 4.69) is 30.7 Å². The van der Waals surface area contributed by atoms with Crippen LogP contribution in [0, 0.1) is 6.92 Å². The van der Waals surface area contributed by atoms with E-state index >= 15 is 0 Å². The monoisotopic (exact) mass is 309 g/mol. The molecule has 0 aliphatic rings. The molecule has 2 rings (SSSR count). The molecule has 0 radical (unpaired) electrons. The lowest BCUT2D eigenvalue weighted by molar-refractivity contribution is 0.222. The second-order valence-electron chi connectivity index (χ2n) is 4.61. The van der Waals surface area contributed by atoms with Gasteiger partial charge in [0.05, 0.1) is 16.8 Å². The van der Waals surface area contributed by atoms with Crippen LogP contribution in [0.2, 0.25) is 0 Å². The number of hydrogen-bond donors (Lipinski definition) is 3. The average Bonchev–Trinajstić information content (AvgIpc) is 2.83. The van der Waals surface area contributed by atoms with Crippen molar-refractivity contribution in [2.24, 2.45) is 5.84 Å². The fourth-order valence-corrected chi connectivity index (χ4v) is 2.24. The molecule has 2 aromatic heterocycles. The Morgan fingerprint density at radius 1 is 1.24 bits per heavy atom. The largest absolute Gasteiger partial charge is 0.461 e. The molecule has 114 valence electrons. The molecule has 4 N–H and O–H groups in total. The maximum atomic E-state index is 5.46. The number of hydrogen-bond acceptors (Lipinski definition) is 9. The van der Waals surface area contributed by atoms with E-state index in [-0.39, 0.29) is 18.1 Å². The molecule has 0 fully saturated rings. The van der Waals surface area contributed by atoms with Gasteiger partial charge in [-0.05, 0) is 20.8 Å². The minimum atomic E-state index is -0.0242. The molecule has 0 saturated carbocycles. The number of nitrogen functional groups attached to an aromatic ring is 1. The number of nitrogens with two attached hydrogens (primary N) is 1. The molecule has 0 atom stereocenters. The number of thiazole rings is 1. The third-order valence-corrected chi connectivity index (χ3v) is 3.24. The quantitative estimate of drug-likeness (QED) is 0.519. The van der Waals surface area contributed by atoms with Crippen LogP contribution in [0.4, 0.5) is 11.9 Å².